The quantitative estimate of drug-likeness (QED) is 0.496. The fraction of sp³-hybridized carbons (Fsp3) is 0.118. The normalized spacial score (nSPS) is 12.0. The van der Waals surface area contributed by atoms with E-state index in [1.54, 1.807) is 25.1 Å². The lowest BCUT2D eigenvalue weighted by Crippen LogP contribution is -2.39. The highest BCUT2D eigenvalue weighted by Crippen LogP contribution is 2.19. The lowest BCUT2D eigenvalue weighted by atomic mass is 10.1. The zero-order valence-electron chi connectivity index (χ0n) is 12.8. The van der Waals surface area contributed by atoms with Gasteiger partial charge in [-0.15, -0.1) is 0 Å². The standard InChI is InChI=1S/C17H15Cl2N3O2/c1-11(12-5-3-2-4-6-12)21-16(23)17(24)22-20-10-13-7-8-14(18)9-15(13)19/h2-11H,1H3,(H,21,23)(H,22,24). The van der Waals surface area contributed by atoms with E-state index in [0.29, 0.717) is 15.6 Å². The molecule has 5 nitrogen and oxygen atoms in total. The van der Waals surface area contributed by atoms with Gasteiger partial charge in [0.05, 0.1) is 17.3 Å². The van der Waals surface area contributed by atoms with E-state index in [9.17, 15) is 9.59 Å². The van der Waals surface area contributed by atoms with Gasteiger partial charge in [-0.3, -0.25) is 9.59 Å². The molecule has 1 unspecified atom stereocenters. The maximum atomic E-state index is 11.8. The highest BCUT2D eigenvalue weighted by molar-refractivity contribution is 6.36. The molecule has 0 bridgehead atoms. The van der Waals surface area contributed by atoms with E-state index in [2.05, 4.69) is 15.8 Å². The van der Waals surface area contributed by atoms with Crippen molar-refractivity contribution in [2.75, 3.05) is 0 Å². The van der Waals surface area contributed by atoms with Gasteiger partial charge in [-0.05, 0) is 24.6 Å². The molecule has 2 N–H and O–H groups in total. The molecule has 124 valence electrons. The van der Waals surface area contributed by atoms with Gasteiger partial charge in [-0.2, -0.15) is 5.10 Å². The molecule has 0 saturated carbocycles. The summed E-state index contributed by atoms with van der Waals surface area (Å²) in [6, 6.07) is 13.9. The number of hydrogen-bond acceptors (Lipinski definition) is 3. The second-order valence-corrected chi connectivity index (χ2v) is 5.81. The Kier molecular flexibility index (Phi) is 6.35. The van der Waals surface area contributed by atoms with Crippen LogP contribution in [0.25, 0.3) is 0 Å². The van der Waals surface area contributed by atoms with Crippen molar-refractivity contribution in [1.29, 1.82) is 0 Å². The molecule has 0 saturated heterocycles. The monoisotopic (exact) mass is 363 g/mol. The number of carbonyl (C=O) groups is 2. The number of amides is 2. The molecule has 2 rings (SSSR count). The first-order valence-electron chi connectivity index (χ1n) is 7.11. The number of benzene rings is 2. The number of rotatable bonds is 4. The first-order chi connectivity index (χ1) is 11.5. The molecular formula is C17H15Cl2N3O2. The molecule has 2 aromatic carbocycles. The van der Waals surface area contributed by atoms with E-state index in [4.69, 9.17) is 23.2 Å². The van der Waals surface area contributed by atoms with E-state index in [-0.39, 0.29) is 6.04 Å². The number of nitrogens with zero attached hydrogens (tertiary/aromatic N) is 1. The Hall–Kier alpha value is -2.37. The van der Waals surface area contributed by atoms with Crippen LogP contribution in [0, 0.1) is 0 Å². The minimum atomic E-state index is -0.862. The van der Waals surface area contributed by atoms with Gasteiger partial charge in [-0.25, -0.2) is 5.43 Å². The van der Waals surface area contributed by atoms with Crippen LogP contribution < -0.4 is 10.7 Å². The zero-order chi connectivity index (χ0) is 17.5. The molecule has 0 spiro atoms. The molecule has 0 fully saturated rings. The molecule has 0 aliphatic carbocycles. The molecular weight excluding hydrogens is 349 g/mol. The van der Waals surface area contributed by atoms with Gasteiger partial charge in [0.25, 0.3) is 0 Å². The zero-order valence-corrected chi connectivity index (χ0v) is 14.3. The molecule has 2 aromatic rings. The Morgan fingerprint density at radius 3 is 2.46 bits per heavy atom. The molecule has 0 aliphatic heterocycles. The smallest absolute Gasteiger partial charge is 0.329 e. The molecule has 0 heterocycles. The van der Waals surface area contributed by atoms with Crippen molar-refractivity contribution < 1.29 is 9.59 Å². The van der Waals surface area contributed by atoms with Crippen molar-refractivity contribution >= 4 is 41.2 Å². The van der Waals surface area contributed by atoms with Gasteiger partial charge in [0.1, 0.15) is 0 Å². The van der Waals surface area contributed by atoms with Gasteiger partial charge in [-0.1, -0.05) is 59.6 Å². The summed E-state index contributed by atoms with van der Waals surface area (Å²) in [5.41, 5.74) is 3.62. The minimum Gasteiger partial charge on any atom is -0.341 e. The fourth-order valence-corrected chi connectivity index (χ4v) is 2.36. The van der Waals surface area contributed by atoms with Crippen LogP contribution >= 0.6 is 23.2 Å². The average Bonchev–Trinajstić information content (AvgIpc) is 2.57. The summed E-state index contributed by atoms with van der Waals surface area (Å²) >= 11 is 11.8. The van der Waals surface area contributed by atoms with Gasteiger partial charge < -0.3 is 5.32 Å². The third-order valence-corrected chi connectivity index (χ3v) is 3.75. The first kappa shape index (κ1) is 18.0. The third kappa shape index (κ3) is 5.08. The van der Waals surface area contributed by atoms with E-state index >= 15 is 0 Å². The Morgan fingerprint density at radius 2 is 1.79 bits per heavy atom. The molecule has 24 heavy (non-hydrogen) atoms. The van der Waals surface area contributed by atoms with E-state index in [1.807, 2.05) is 30.3 Å². The summed E-state index contributed by atoms with van der Waals surface area (Å²) in [5, 5.41) is 7.20. The number of halogens is 2. The van der Waals surface area contributed by atoms with Crippen LogP contribution in [0.5, 0.6) is 0 Å². The lowest BCUT2D eigenvalue weighted by molar-refractivity contribution is -0.139. The van der Waals surface area contributed by atoms with Crippen LogP contribution in [-0.2, 0) is 9.59 Å². The summed E-state index contributed by atoms with van der Waals surface area (Å²) in [5.74, 6) is -1.63. The second-order valence-electron chi connectivity index (χ2n) is 4.97. The summed E-state index contributed by atoms with van der Waals surface area (Å²) in [4.78, 5) is 23.6. The van der Waals surface area contributed by atoms with Crippen LogP contribution in [0.3, 0.4) is 0 Å². The van der Waals surface area contributed by atoms with E-state index < -0.39 is 11.8 Å². The van der Waals surface area contributed by atoms with Crippen LogP contribution in [0.4, 0.5) is 0 Å². The van der Waals surface area contributed by atoms with Gasteiger partial charge >= 0.3 is 11.8 Å². The van der Waals surface area contributed by atoms with Crippen LogP contribution in [0.2, 0.25) is 10.0 Å². The van der Waals surface area contributed by atoms with Gasteiger partial charge in [0.15, 0.2) is 0 Å². The third-order valence-electron chi connectivity index (χ3n) is 3.19. The van der Waals surface area contributed by atoms with Crippen LogP contribution in [0.1, 0.15) is 24.1 Å². The molecule has 1 atom stereocenters. The Labute approximate surface area is 149 Å². The molecule has 2 amide bonds. The largest absolute Gasteiger partial charge is 0.341 e. The van der Waals surface area contributed by atoms with Crippen molar-refractivity contribution in [2.24, 2.45) is 5.10 Å². The van der Waals surface area contributed by atoms with Crippen molar-refractivity contribution in [3.05, 3.63) is 69.7 Å². The van der Waals surface area contributed by atoms with E-state index in [0.717, 1.165) is 5.56 Å². The average molecular weight is 364 g/mol. The number of carbonyl (C=O) groups excluding carboxylic acids is 2. The number of hydrogen-bond donors (Lipinski definition) is 2. The topological polar surface area (TPSA) is 70.6 Å². The van der Waals surface area contributed by atoms with Crippen LogP contribution in [-0.4, -0.2) is 18.0 Å². The van der Waals surface area contributed by atoms with Gasteiger partial charge in [0, 0.05) is 10.6 Å². The molecule has 0 aliphatic rings. The SMILES string of the molecule is CC(NC(=O)C(=O)NN=Cc1ccc(Cl)cc1Cl)c1ccccc1. The Bertz CT molecular complexity index is 764. The fourth-order valence-electron chi connectivity index (χ4n) is 1.90. The lowest BCUT2D eigenvalue weighted by Gasteiger charge is -2.13. The van der Waals surface area contributed by atoms with Crippen molar-refractivity contribution in [3.63, 3.8) is 0 Å². The Morgan fingerprint density at radius 1 is 1.08 bits per heavy atom. The van der Waals surface area contributed by atoms with Crippen molar-refractivity contribution in [2.45, 2.75) is 13.0 Å². The van der Waals surface area contributed by atoms with Crippen molar-refractivity contribution in [1.82, 2.24) is 10.7 Å². The summed E-state index contributed by atoms with van der Waals surface area (Å²) in [6.07, 6.45) is 1.34. The highest BCUT2D eigenvalue weighted by Gasteiger charge is 2.16. The van der Waals surface area contributed by atoms with Crippen LogP contribution in [0.15, 0.2) is 53.6 Å². The second kappa shape index (κ2) is 8.47. The number of nitrogens with one attached hydrogen (secondary N) is 2. The first-order valence-corrected chi connectivity index (χ1v) is 7.87. The predicted molar refractivity (Wildman–Crippen MR) is 95.2 cm³/mol. The summed E-state index contributed by atoms with van der Waals surface area (Å²) in [7, 11) is 0. The summed E-state index contributed by atoms with van der Waals surface area (Å²) in [6.45, 7) is 1.79. The minimum absolute atomic E-state index is 0.292. The number of hydrazone groups is 1. The summed E-state index contributed by atoms with van der Waals surface area (Å²) < 4.78 is 0. The maximum absolute atomic E-state index is 11.8. The van der Waals surface area contributed by atoms with Gasteiger partial charge in [0.2, 0.25) is 0 Å². The maximum Gasteiger partial charge on any atom is 0.329 e. The molecule has 7 heteroatoms. The molecule has 0 radical (unpaired) electrons. The highest BCUT2D eigenvalue weighted by atomic mass is 35.5. The van der Waals surface area contributed by atoms with Crippen molar-refractivity contribution in [3.8, 4) is 0 Å². The van der Waals surface area contributed by atoms with E-state index in [1.165, 1.54) is 6.21 Å². The predicted octanol–water partition coefficient (Wildman–Crippen LogP) is 3.32. The Balaban J connectivity index is 1.90. The molecule has 0 aromatic heterocycles.